The van der Waals surface area contributed by atoms with Crippen LogP contribution in [0.1, 0.15) is 13.8 Å². The lowest BCUT2D eigenvalue weighted by atomic mass is 9.94. The molecule has 0 unspecified atom stereocenters. The summed E-state index contributed by atoms with van der Waals surface area (Å²) in [5, 5.41) is 5.09. The summed E-state index contributed by atoms with van der Waals surface area (Å²) in [6.45, 7) is 4.78. The number of benzene rings is 1. The van der Waals surface area contributed by atoms with E-state index < -0.39 is 11.8 Å². The van der Waals surface area contributed by atoms with E-state index in [4.69, 9.17) is 5.73 Å². The number of carbonyl (C=O) groups excluding carboxylic acids is 1. The molecule has 0 aliphatic carbocycles. The minimum Gasteiger partial charge on any atom is -0.337 e. The lowest BCUT2D eigenvalue weighted by Crippen LogP contribution is -2.40. The highest BCUT2D eigenvalue weighted by atomic mass is 19.1. The molecule has 0 aliphatic rings. The zero-order chi connectivity index (χ0) is 12.9. The van der Waals surface area contributed by atoms with E-state index in [1.165, 1.54) is 12.1 Å². The monoisotopic (exact) mass is 239 g/mol. The lowest BCUT2D eigenvalue weighted by molar-refractivity contribution is 0.245. The van der Waals surface area contributed by atoms with Crippen molar-refractivity contribution in [2.45, 2.75) is 13.8 Å². The number of nitrogens with one attached hydrogen (secondary N) is 2. The molecule has 1 aromatic carbocycles. The first kappa shape index (κ1) is 13.4. The van der Waals surface area contributed by atoms with Gasteiger partial charge in [-0.15, -0.1) is 0 Å². The van der Waals surface area contributed by atoms with Crippen LogP contribution in [0.25, 0.3) is 0 Å². The standard InChI is InChI=1S/C12H18FN3O/c1-12(2,7-14)8-15-11(17)16-10-6-4-3-5-9(10)13/h3-6H,7-8,14H2,1-2H3,(H2,15,16,17). The van der Waals surface area contributed by atoms with E-state index in [1.54, 1.807) is 12.1 Å². The van der Waals surface area contributed by atoms with Crippen LogP contribution in [-0.4, -0.2) is 19.1 Å². The van der Waals surface area contributed by atoms with Gasteiger partial charge < -0.3 is 16.4 Å². The summed E-state index contributed by atoms with van der Waals surface area (Å²) < 4.78 is 13.2. The topological polar surface area (TPSA) is 67.1 Å². The van der Waals surface area contributed by atoms with Crippen LogP contribution in [0.2, 0.25) is 0 Å². The number of rotatable bonds is 4. The van der Waals surface area contributed by atoms with Crippen LogP contribution in [0, 0.1) is 11.2 Å². The highest BCUT2D eigenvalue weighted by Crippen LogP contribution is 2.13. The van der Waals surface area contributed by atoms with Crippen LogP contribution >= 0.6 is 0 Å². The highest BCUT2D eigenvalue weighted by Gasteiger charge is 2.16. The second-order valence-corrected chi connectivity index (χ2v) is 4.66. The molecule has 0 saturated carbocycles. The van der Waals surface area contributed by atoms with Crippen LogP contribution in [0.3, 0.4) is 0 Å². The smallest absolute Gasteiger partial charge is 0.319 e. The van der Waals surface area contributed by atoms with Gasteiger partial charge in [0, 0.05) is 6.54 Å². The summed E-state index contributed by atoms with van der Waals surface area (Å²) in [7, 11) is 0. The Morgan fingerprint density at radius 2 is 2.06 bits per heavy atom. The summed E-state index contributed by atoms with van der Waals surface area (Å²) in [6, 6.07) is 5.58. The van der Waals surface area contributed by atoms with E-state index in [0.29, 0.717) is 13.1 Å². The molecule has 0 aromatic heterocycles. The third kappa shape index (κ3) is 4.40. The average Bonchev–Trinajstić information content (AvgIpc) is 2.30. The summed E-state index contributed by atoms with van der Waals surface area (Å²) >= 11 is 0. The van der Waals surface area contributed by atoms with Crippen LogP contribution in [0.4, 0.5) is 14.9 Å². The molecule has 0 bridgehead atoms. The van der Waals surface area contributed by atoms with E-state index >= 15 is 0 Å². The van der Waals surface area contributed by atoms with Crippen molar-refractivity contribution in [1.82, 2.24) is 5.32 Å². The molecule has 0 atom stereocenters. The third-order valence-corrected chi connectivity index (χ3v) is 2.40. The minimum absolute atomic E-state index is 0.163. The maximum absolute atomic E-state index is 13.2. The van der Waals surface area contributed by atoms with Gasteiger partial charge in [-0.3, -0.25) is 0 Å². The molecule has 4 nitrogen and oxygen atoms in total. The predicted molar refractivity (Wildman–Crippen MR) is 66.3 cm³/mol. The highest BCUT2D eigenvalue weighted by molar-refractivity contribution is 5.89. The maximum atomic E-state index is 13.2. The molecule has 5 heteroatoms. The van der Waals surface area contributed by atoms with Crippen molar-refractivity contribution in [3.05, 3.63) is 30.1 Å². The molecule has 0 heterocycles. The Morgan fingerprint density at radius 3 is 2.65 bits per heavy atom. The van der Waals surface area contributed by atoms with Gasteiger partial charge >= 0.3 is 6.03 Å². The van der Waals surface area contributed by atoms with Crippen molar-refractivity contribution < 1.29 is 9.18 Å². The van der Waals surface area contributed by atoms with Gasteiger partial charge in [-0.05, 0) is 24.1 Å². The van der Waals surface area contributed by atoms with Gasteiger partial charge in [-0.1, -0.05) is 26.0 Å². The summed E-state index contributed by atoms with van der Waals surface area (Å²) in [5.74, 6) is -0.458. The van der Waals surface area contributed by atoms with Gasteiger partial charge in [0.15, 0.2) is 0 Å². The van der Waals surface area contributed by atoms with Crippen molar-refractivity contribution in [3.8, 4) is 0 Å². The fourth-order valence-corrected chi connectivity index (χ4v) is 1.12. The Kier molecular flexibility index (Phi) is 4.45. The van der Waals surface area contributed by atoms with Crippen LogP contribution < -0.4 is 16.4 Å². The number of hydrogen-bond acceptors (Lipinski definition) is 2. The number of carbonyl (C=O) groups is 1. The first-order chi connectivity index (χ1) is 7.94. The fraction of sp³-hybridized carbons (Fsp3) is 0.417. The normalized spacial score (nSPS) is 11.1. The maximum Gasteiger partial charge on any atom is 0.319 e. The van der Waals surface area contributed by atoms with Crippen molar-refractivity contribution in [2.75, 3.05) is 18.4 Å². The number of anilines is 1. The predicted octanol–water partition coefficient (Wildman–Crippen LogP) is 1.93. The van der Waals surface area contributed by atoms with Crippen molar-refractivity contribution in [1.29, 1.82) is 0 Å². The number of hydrogen-bond donors (Lipinski definition) is 3. The van der Waals surface area contributed by atoms with E-state index in [2.05, 4.69) is 10.6 Å². The van der Waals surface area contributed by atoms with Gasteiger partial charge in [0.1, 0.15) is 5.82 Å². The summed E-state index contributed by atoms with van der Waals surface area (Å²) in [6.07, 6.45) is 0. The van der Waals surface area contributed by atoms with Gasteiger partial charge in [-0.2, -0.15) is 0 Å². The van der Waals surface area contributed by atoms with Crippen LogP contribution in [0.15, 0.2) is 24.3 Å². The molecule has 1 rings (SSSR count). The molecule has 4 N–H and O–H groups in total. The Hall–Kier alpha value is -1.62. The van der Waals surface area contributed by atoms with Crippen molar-refractivity contribution in [3.63, 3.8) is 0 Å². The van der Waals surface area contributed by atoms with Crippen molar-refractivity contribution in [2.24, 2.45) is 11.1 Å². The molecular weight excluding hydrogens is 221 g/mol. The molecule has 0 spiro atoms. The Balaban J connectivity index is 2.48. The number of halogens is 1. The number of para-hydroxylation sites is 1. The molecule has 1 aromatic rings. The summed E-state index contributed by atoms with van der Waals surface area (Å²) in [4.78, 5) is 11.5. The molecule has 94 valence electrons. The molecule has 0 fully saturated rings. The first-order valence-corrected chi connectivity index (χ1v) is 5.44. The second-order valence-electron chi connectivity index (χ2n) is 4.66. The van der Waals surface area contributed by atoms with Crippen LogP contribution in [-0.2, 0) is 0 Å². The van der Waals surface area contributed by atoms with Crippen LogP contribution in [0.5, 0.6) is 0 Å². The molecule has 17 heavy (non-hydrogen) atoms. The van der Waals surface area contributed by atoms with Gasteiger partial charge in [0.2, 0.25) is 0 Å². The Morgan fingerprint density at radius 1 is 1.41 bits per heavy atom. The van der Waals surface area contributed by atoms with E-state index in [1.807, 2.05) is 13.8 Å². The fourth-order valence-electron chi connectivity index (χ4n) is 1.12. The third-order valence-electron chi connectivity index (χ3n) is 2.40. The average molecular weight is 239 g/mol. The number of nitrogens with two attached hydrogens (primary N) is 1. The second kappa shape index (κ2) is 5.63. The van der Waals surface area contributed by atoms with E-state index in [-0.39, 0.29) is 11.1 Å². The summed E-state index contributed by atoms with van der Waals surface area (Å²) in [5.41, 5.74) is 5.53. The number of urea groups is 1. The largest absolute Gasteiger partial charge is 0.337 e. The number of amides is 2. The molecular formula is C12H18FN3O. The molecule has 0 aliphatic heterocycles. The zero-order valence-corrected chi connectivity index (χ0v) is 10.1. The van der Waals surface area contributed by atoms with Gasteiger partial charge in [-0.25, -0.2) is 9.18 Å². The molecule has 2 amide bonds. The molecule has 0 saturated heterocycles. The quantitative estimate of drug-likeness (QED) is 0.751. The van der Waals surface area contributed by atoms with E-state index in [0.717, 1.165) is 0 Å². The zero-order valence-electron chi connectivity index (χ0n) is 10.1. The molecule has 0 radical (unpaired) electrons. The van der Waals surface area contributed by atoms with Crippen molar-refractivity contribution >= 4 is 11.7 Å². The lowest BCUT2D eigenvalue weighted by Gasteiger charge is -2.22. The van der Waals surface area contributed by atoms with Gasteiger partial charge in [0.25, 0.3) is 0 Å². The Bertz CT molecular complexity index is 393. The minimum atomic E-state index is -0.458. The van der Waals surface area contributed by atoms with E-state index in [9.17, 15) is 9.18 Å². The van der Waals surface area contributed by atoms with Gasteiger partial charge in [0.05, 0.1) is 5.69 Å². The Labute approximate surface area is 100 Å². The SMILES string of the molecule is CC(C)(CN)CNC(=O)Nc1ccccc1F. The first-order valence-electron chi connectivity index (χ1n) is 5.44.